The third-order valence-electron chi connectivity index (χ3n) is 3.43. The first kappa shape index (κ1) is 23.6. The number of nitrogens with one attached hydrogen (secondary N) is 2. The van der Waals surface area contributed by atoms with Crippen LogP contribution >= 0.6 is 35.3 Å². The van der Waals surface area contributed by atoms with E-state index in [1.165, 1.54) is 15.6 Å². The third-order valence-corrected chi connectivity index (χ3v) is 6.87. The Morgan fingerprint density at radius 2 is 1.96 bits per heavy atom. The van der Waals surface area contributed by atoms with E-state index in [1.807, 2.05) is 13.0 Å². The SMILES string of the molecule is CCNC(=NCc1ccc(S(=O)(=O)N2CCOCC2)s1)NC(C)(C)C.I. The summed E-state index contributed by atoms with van der Waals surface area (Å²) in [6, 6.07) is 3.51. The molecule has 1 saturated heterocycles. The molecular formula is C16H29IN4O3S2. The second-order valence-corrected chi connectivity index (χ2v) is 10.1. The maximum absolute atomic E-state index is 12.6. The number of hydrogen-bond donors (Lipinski definition) is 2. The Hall–Kier alpha value is -0.430. The molecule has 1 aliphatic heterocycles. The number of morpholine rings is 1. The summed E-state index contributed by atoms with van der Waals surface area (Å²) in [4.78, 5) is 5.47. The van der Waals surface area contributed by atoms with Gasteiger partial charge in [0, 0.05) is 30.1 Å². The van der Waals surface area contributed by atoms with Crippen molar-refractivity contribution in [3.8, 4) is 0 Å². The van der Waals surface area contributed by atoms with Gasteiger partial charge in [0.2, 0.25) is 0 Å². The standard InChI is InChI=1S/C16H28N4O3S2.HI/c1-5-17-15(19-16(2,3)4)18-12-13-6-7-14(24-13)25(21,22)20-8-10-23-11-9-20;/h6-7H,5,8-12H2,1-4H3,(H2,17,18,19);1H. The van der Waals surface area contributed by atoms with Crippen LogP contribution in [-0.2, 0) is 21.3 Å². The van der Waals surface area contributed by atoms with E-state index in [2.05, 4.69) is 36.4 Å². The average molecular weight is 516 g/mol. The maximum Gasteiger partial charge on any atom is 0.252 e. The molecule has 2 N–H and O–H groups in total. The van der Waals surface area contributed by atoms with Crippen LogP contribution in [0.1, 0.15) is 32.6 Å². The summed E-state index contributed by atoms with van der Waals surface area (Å²) in [6.07, 6.45) is 0. The van der Waals surface area contributed by atoms with E-state index in [9.17, 15) is 8.42 Å². The number of ether oxygens (including phenoxy) is 1. The molecule has 1 aromatic rings. The van der Waals surface area contributed by atoms with E-state index >= 15 is 0 Å². The number of aliphatic imine (C=N–C) groups is 1. The van der Waals surface area contributed by atoms with Crippen molar-refractivity contribution in [2.45, 2.75) is 44.0 Å². The second kappa shape index (κ2) is 10.2. The monoisotopic (exact) mass is 516 g/mol. The highest BCUT2D eigenvalue weighted by molar-refractivity contribution is 14.0. The Kier molecular flexibility index (Phi) is 9.27. The van der Waals surface area contributed by atoms with Crippen LogP contribution in [-0.4, -0.2) is 57.1 Å². The first-order valence-electron chi connectivity index (χ1n) is 8.45. The summed E-state index contributed by atoms with van der Waals surface area (Å²) in [5.74, 6) is 0.723. The zero-order valence-corrected chi connectivity index (χ0v) is 19.7. The van der Waals surface area contributed by atoms with Crippen LogP contribution in [0, 0.1) is 0 Å². The van der Waals surface area contributed by atoms with Crippen LogP contribution in [0.25, 0.3) is 0 Å². The van der Waals surface area contributed by atoms with Crippen molar-refractivity contribution in [1.82, 2.24) is 14.9 Å². The van der Waals surface area contributed by atoms with E-state index in [0.717, 1.165) is 17.4 Å². The van der Waals surface area contributed by atoms with Crippen molar-refractivity contribution in [2.75, 3.05) is 32.8 Å². The van der Waals surface area contributed by atoms with Crippen LogP contribution in [0.2, 0.25) is 0 Å². The topological polar surface area (TPSA) is 83.0 Å². The van der Waals surface area contributed by atoms with Crippen LogP contribution in [0.5, 0.6) is 0 Å². The number of rotatable bonds is 5. The minimum atomic E-state index is -3.43. The molecule has 0 saturated carbocycles. The second-order valence-electron chi connectivity index (χ2n) is 6.81. The molecule has 26 heavy (non-hydrogen) atoms. The fraction of sp³-hybridized carbons (Fsp3) is 0.688. The van der Waals surface area contributed by atoms with E-state index < -0.39 is 10.0 Å². The molecule has 150 valence electrons. The van der Waals surface area contributed by atoms with Gasteiger partial charge in [-0.15, -0.1) is 35.3 Å². The number of halogens is 1. The summed E-state index contributed by atoms with van der Waals surface area (Å²) in [5.41, 5.74) is -0.0959. The maximum atomic E-state index is 12.6. The zero-order chi connectivity index (χ0) is 18.5. The van der Waals surface area contributed by atoms with Gasteiger partial charge in [-0.05, 0) is 39.8 Å². The first-order valence-corrected chi connectivity index (χ1v) is 10.7. The Bertz CT molecular complexity index is 693. The Morgan fingerprint density at radius 3 is 2.54 bits per heavy atom. The molecule has 0 atom stereocenters. The fourth-order valence-corrected chi connectivity index (χ4v) is 5.16. The van der Waals surface area contributed by atoms with E-state index in [0.29, 0.717) is 37.1 Å². The lowest BCUT2D eigenvalue weighted by Crippen LogP contribution is -2.47. The van der Waals surface area contributed by atoms with Crippen molar-refractivity contribution >= 4 is 51.3 Å². The molecule has 2 rings (SSSR count). The minimum absolute atomic E-state index is 0. The lowest BCUT2D eigenvalue weighted by Gasteiger charge is -2.25. The predicted molar refractivity (Wildman–Crippen MR) is 117 cm³/mol. The normalized spacial score (nSPS) is 16.8. The van der Waals surface area contributed by atoms with Gasteiger partial charge in [-0.25, -0.2) is 13.4 Å². The molecule has 10 heteroatoms. The number of sulfonamides is 1. The minimum Gasteiger partial charge on any atom is -0.379 e. The summed E-state index contributed by atoms with van der Waals surface area (Å²) in [5, 5.41) is 6.52. The van der Waals surface area contributed by atoms with Crippen molar-refractivity contribution < 1.29 is 13.2 Å². The van der Waals surface area contributed by atoms with Gasteiger partial charge in [0.1, 0.15) is 4.21 Å². The van der Waals surface area contributed by atoms with Crippen LogP contribution in [0.3, 0.4) is 0 Å². The Labute approximate surface area is 177 Å². The predicted octanol–water partition coefficient (Wildman–Crippen LogP) is 2.24. The molecule has 0 radical (unpaired) electrons. The molecule has 0 aromatic carbocycles. The van der Waals surface area contributed by atoms with Gasteiger partial charge >= 0.3 is 0 Å². The molecular weight excluding hydrogens is 487 g/mol. The molecule has 1 aliphatic rings. The Morgan fingerprint density at radius 1 is 1.31 bits per heavy atom. The summed E-state index contributed by atoms with van der Waals surface area (Å²) < 4.78 is 32.4. The molecule has 0 amide bonds. The van der Waals surface area contributed by atoms with Gasteiger partial charge in [-0.2, -0.15) is 4.31 Å². The summed E-state index contributed by atoms with van der Waals surface area (Å²) >= 11 is 1.28. The Balaban J connectivity index is 0.00000338. The largest absolute Gasteiger partial charge is 0.379 e. The molecule has 0 unspecified atom stereocenters. The highest BCUT2D eigenvalue weighted by Gasteiger charge is 2.27. The van der Waals surface area contributed by atoms with Gasteiger partial charge in [0.15, 0.2) is 5.96 Å². The zero-order valence-electron chi connectivity index (χ0n) is 15.7. The third kappa shape index (κ3) is 6.95. The quantitative estimate of drug-likeness (QED) is 0.357. The highest BCUT2D eigenvalue weighted by Crippen LogP contribution is 2.26. The number of nitrogens with zero attached hydrogens (tertiary/aromatic N) is 2. The van der Waals surface area contributed by atoms with Gasteiger partial charge in [0.25, 0.3) is 10.0 Å². The van der Waals surface area contributed by atoms with Gasteiger partial charge in [-0.3, -0.25) is 0 Å². The van der Waals surface area contributed by atoms with Crippen LogP contribution in [0.4, 0.5) is 0 Å². The summed E-state index contributed by atoms with van der Waals surface area (Å²) in [7, 11) is -3.43. The molecule has 1 aromatic heterocycles. The van der Waals surface area contributed by atoms with Crippen molar-refractivity contribution in [3.63, 3.8) is 0 Å². The van der Waals surface area contributed by atoms with E-state index in [-0.39, 0.29) is 29.5 Å². The first-order chi connectivity index (χ1) is 11.7. The highest BCUT2D eigenvalue weighted by atomic mass is 127. The smallest absolute Gasteiger partial charge is 0.252 e. The van der Waals surface area contributed by atoms with Crippen LogP contribution in [0.15, 0.2) is 21.3 Å². The molecule has 0 aliphatic carbocycles. The van der Waals surface area contributed by atoms with Crippen LogP contribution < -0.4 is 10.6 Å². The lowest BCUT2D eigenvalue weighted by atomic mass is 10.1. The van der Waals surface area contributed by atoms with Gasteiger partial charge < -0.3 is 15.4 Å². The van der Waals surface area contributed by atoms with Crippen molar-refractivity contribution in [2.24, 2.45) is 4.99 Å². The fourth-order valence-electron chi connectivity index (χ4n) is 2.32. The molecule has 1 fully saturated rings. The number of hydrogen-bond acceptors (Lipinski definition) is 5. The number of guanidine groups is 1. The van der Waals surface area contributed by atoms with Gasteiger partial charge in [-0.1, -0.05) is 0 Å². The van der Waals surface area contributed by atoms with Gasteiger partial charge in [0.05, 0.1) is 19.8 Å². The lowest BCUT2D eigenvalue weighted by molar-refractivity contribution is 0.0731. The van der Waals surface area contributed by atoms with E-state index in [1.54, 1.807) is 6.07 Å². The van der Waals surface area contributed by atoms with Crippen molar-refractivity contribution in [3.05, 3.63) is 17.0 Å². The molecule has 7 nitrogen and oxygen atoms in total. The van der Waals surface area contributed by atoms with Crippen molar-refractivity contribution in [1.29, 1.82) is 0 Å². The molecule has 0 spiro atoms. The number of thiophene rings is 1. The summed E-state index contributed by atoms with van der Waals surface area (Å²) in [6.45, 7) is 11.1. The average Bonchev–Trinajstić information content (AvgIpc) is 3.02. The molecule has 0 bridgehead atoms. The van der Waals surface area contributed by atoms with E-state index in [4.69, 9.17) is 4.74 Å². The molecule has 2 heterocycles.